The number of pyridine rings is 1. The lowest BCUT2D eigenvalue weighted by molar-refractivity contribution is 0.122. The highest BCUT2D eigenvalue weighted by molar-refractivity contribution is 5.57. The zero-order valence-electron chi connectivity index (χ0n) is 11.3. The van der Waals surface area contributed by atoms with E-state index in [-0.39, 0.29) is 0 Å². The Labute approximate surface area is 117 Å². The van der Waals surface area contributed by atoms with Crippen molar-refractivity contribution in [2.45, 2.75) is 0 Å². The minimum Gasteiger partial charge on any atom is -0.378 e. The van der Waals surface area contributed by atoms with Gasteiger partial charge in [0.15, 0.2) is 5.82 Å². The zero-order valence-corrected chi connectivity index (χ0v) is 11.3. The number of aromatic nitrogens is 4. The van der Waals surface area contributed by atoms with Gasteiger partial charge >= 0.3 is 0 Å². The molecule has 3 rings (SSSR count). The lowest BCUT2D eigenvalue weighted by Gasteiger charge is -2.27. The molecule has 1 N–H and O–H groups in total. The maximum Gasteiger partial charge on any atom is 0.230 e. The molecule has 0 spiro atoms. The maximum absolute atomic E-state index is 5.36. The fraction of sp³-hybridized carbons (Fsp3) is 0.385. The lowest BCUT2D eigenvalue weighted by Crippen LogP contribution is -2.37. The van der Waals surface area contributed by atoms with Crippen LogP contribution in [0, 0.1) is 0 Å². The first-order valence-electron chi connectivity index (χ1n) is 6.54. The lowest BCUT2D eigenvalue weighted by atomic mass is 10.2. The summed E-state index contributed by atoms with van der Waals surface area (Å²) in [5.41, 5.74) is 0.924. The molecule has 1 fully saturated rings. The van der Waals surface area contributed by atoms with Crippen molar-refractivity contribution in [3.05, 3.63) is 24.5 Å². The third kappa shape index (κ3) is 2.67. The Morgan fingerprint density at radius 2 is 1.85 bits per heavy atom. The van der Waals surface area contributed by atoms with E-state index in [2.05, 4.69) is 30.2 Å². The molecular formula is C13H16N6O. The molecule has 0 amide bonds. The molecule has 2 aromatic heterocycles. The van der Waals surface area contributed by atoms with Gasteiger partial charge in [-0.25, -0.2) is 0 Å². The van der Waals surface area contributed by atoms with E-state index < -0.39 is 0 Å². The molecule has 0 aliphatic carbocycles. The van der Waals surface area contributed by atoms with Gasteiger partial charge in [0.2, 0.25) is 11.9 Å². The molecule has 0 saturated carbocycles. The molecule has 3 heterocycles. The number of hydrogen-bond donors (Lipinski definition) is 1. The molecule has 7 nitrogen and oxygen atoms in total. The van der Waals surface area contributed by atoms with Crippen LogP contribution < -0.4 is 10.2 Å². The SMILES string of the molecule is CNc1nc(-c2ccncc2)nc(N2CCOCC2)n1. The van der Waals surface area contributed by atoms with Crippen LogP contribution in [0.15, 0.2) is 24.5 Å². The van der Waals surface area contributed by atoms with Crippen LogP contribution in [0.5, 0.6) is 0 Å². The number of anilines is 2. The third-order valence-electron chi connectivity index (χ3n) is 3.08. The van der Waals surface area contributed by atoms with Crippen LogP contribution in [0.2, 0.25) is 0 Å². The Morgan fingerprint density at radius 1 is 1.10 bits per heavy atom. The molecule has 0 aromatic carbocycles. The number of morpholine rings is 1. The van der Waals surface area contributed by atoms with Crippen molar-refractivity contribution in [3.8, 4) is 11.4 Å². The third-order valence-corrected chi connectivity index (χ3v) is 3.08. The van der Waals surface area contributed by atoms with Crippen molar-refractivity contribution in [2.24, 2.45) is 0 Å². The Morgan fingerprint density at radius 3 is 2.55 bits per heavy atom. The Kier molecular flexibility index (Phi) is 3.69. The first-order chi connectivity index (χ1) is 9.86. The highest BCUT2D eigenvalue weighted by Crippen LogP contribution is 2.19. The van der Waals surface area contributed by atoms with Gasteiger partial charge in [-0.3, -0.25) is 4.98 Å². The molecule has 0 bridgehead atoms. The second-order valence-corrected chi connectivity index (χ2v) is 4.37. The summed E-state index contributed by atoms with van der Waals surface area (Å²) in [4.78, 5) is 19.5. The van der Waals surface area contributed by atoms with E-state index in [1.165, 1.54) is 0 Å². The highest BCUT2D eigenvalue weighted by Gasteiger charge is 2.16. The van der Waals surface area contributed by atoms with Crippen molar-refractivity contribution >= 4 is 11.9 Å². The average Bonchev–Trinajstić information content (AvgIpc) is 2.56. The molecule has 1 saturated heterocycles. The highest BCUT2D eigenvalue weighted by atomic mass is 16.5. The molecule has 2 aromatic rings. The van der Waals surface area contributed by atoms with E-state index in [0.717, 1.165) is 18.7 Å². The molecule has 20 heavy (non-hydrogen) atoms. The van der Waals surface area contributed by atoms with Gasteiger partial charge in [0.05, 0.1) is 13.2 Å². The van der Waals surface area contributed by atoms with E-state index in [9.17, 15) is 0 Å². The van der Waals surface area contributed by atoms with Crippen molar-refractivity contribution in [1.29, 1.82) is 0 Å². The van der Waals surface area contributed by atoms with Crippen LogP contribution in [0.1, 0.15) is 0 Å². The summed E-state index contributed by atoms with van der Waals surface area (Å²) in [5.74, 6) is 1.89. The van der Waals surface area contributed by atoms with Gasteiger partial charge in [-0.1, -0.05) is 0 Å². The van der Waals surface area contributed by atoms with Crippen LogP contribution in [0.3, 0.4) is 0 Å². The maximum atomic E-state index is 5.36. The van der Waals surface area contributed by atoms with Gasteiger partial charge in [-0.15, -0.1) is 0 Å². The molecular weight excluding hydrogens is 256 g/mol. The summed E-state index contributed by atoms with van der Waals surface area (Å²) in [5, 5.41) is 2.98. The van der Waals surface area contributed by atoms with Gasteiger partial charge in [0.25, 0.3) is 0 Å². The van der Waals surface area contributed by atoms with E-state index in [4.69, 9.17) is 4.74 Å². The van der Waals surface area contributed by atoms with Gasteiger partial charge < -0.3 is 15.0 Å². The zero-order chi connectivity index (χ0) is 13.8. The van der Waals surface area contributed by atoms with E-state index in [0.29, 0.717) is 30.9 Å². The van der Waals surface area contributed by atoms with Crippen molar-refractivity contribution < 1.29 is 4.74 Å². The van der Waals surface area contributed by atoms with Crippen LogP contribution in [-0.2, 0) is 4.74 Å². The van der Waals surface area contributed by atoms with Gasteiger partial charge in [-0.2, -0.15) is 15.0 Å². The fourth-order valence-corrected chi connectivity index (χ4v) is 2.01. The van der Waals surface area contributed by atoms with Gasteiger partial charge in [0, 0.05) is 38.1 Å². The summed E-state index contributed by atoms with van der Waals surface area (Å²) in [7, 11) is 1.80. The molecule has 104 valence electrons. The fourth-order valence-electron chi connectivity index (χ4n) is 2.01. The predicted octanol–water partition coefficient (Wildman–Crippen LogP) is 0.812. The van der Waals surface area contributed by atoms with Crippen molar-refractivity contribution in [3.63, 3.8) is 0 Å². The number of ether oxygens (including phenoxy) is 1. The van der Waals surface area contributed by atoms with E-state index >= 15 is 0 Å². The molecule has 7 heteroatoms. The second kappa shape index (κ2) is 5.79. The molecule has 1 aliphatic heterocycles. The Bertz CT molecular complexity index is 570. The Balaban J connectivity index is 1.98. The quantitative estimate of drug-likeness (QED) is 0.886. The summed E-state index contributed by atoms with van der Waals surface area (Å²) < 4.78 is 5.36. The molecule has 1 aliphatic rings. The van der Waals surface area contributed by atoms with E-state index in [1.54, 1.807) is 19.4 Å². The average molecular weight is 272 g/mol. The monoisotopic (exact) mass is 272 g/mol. The predicted molar refractivity (Wildman–Crippen MR) is 75.6 cm³/mol. The number of rotatable bonds is 3. The first-order valence-corrected chi connectivity index (χ1v) is 6.54. The van der Waals surface area contributed by atoms with Crippen molar-refractivity contribution in [1.82, 2.24) is 19.9 Å². The standard InChI is InChI=1S/C13H16N6O/c1-14-12-16-11(10-2-4-15-5-3-10)17-13(18-12)19-6-8-20-9-7-19/h2-5H,6-9H2,1H3,(H,14,16,17,18). The minimum absolute atomic E-state index is 0.563. The summed E-state index contributed by atoms with van der Waals surface area (Å²) in [6.07, 6.45) is 3.46. The molecule has 0 atom stereocenters. The van der Waals surface area contributed by atoms with E-state index in [1.807, 2.05) is 12.1 Å². The second-order valence-electron chi connectivity index (χ2n) is 4.37. The van der Waals surface area contributed by atoms with Crippen LogP contribution >= 0.6 is 0 Å². The first kappa shape index (κ1) is 12.7. The number of hydrogen-bond acceptors (Lipinski definition) is 7. The van der Waals surface area contributed by atoms with Gasteiger partial charge in [-0.05, 0) is 12.1 Å². The summed E-state index contributed by atoms with van der Waals surface area (Å²) >= 11 is 0. The van der Waals surface area contributed by atoms with Crippen LogP contribution in [0.25, 0.3) is 11.4 Å². The normalized spacial score (nSPS) is 15.2. The summed E-state index contributed by atoms with van der Waals surface area (Å²) in [6, 6.07) is 3.77. The Hall–Kier alpha value is -2.28. The minimum atomic E-state index is 0.563. The topological polar surface area (TPSA) is 76.1 Å². The largest absolute Gasteiger partial charge is 0.378 e. The van der Waals surface area contributed by atoms with Crippen LogP contribution in [0.4, 0.5) is 11.9 Å². The smallest absolute Gasteiger partial charge is 0.230 e. The molecule has 0 radical (unpaired) electrons. The number of nitrogens with one attached hydrogen (secondary N) is 1. The van der Waals surface area contributed by atoms with Gasteiger partial charge in [0.1, 0.15) is 0 Å². The number of nitrogens with zero attached hydrogens (tertiary/aromatic N) is 5. The van der Waals surface area contributed by atoms with Crippen molar-refractivity contribution in [2.75, 3.05) is 43.6 Å². The summed E-state index contributed by atoms with van der Waals surface area (Å²) in [6.45, 7) is 2.99. The van der Waals surface area contributed by atoms with Crippen LogP contribution in [-0.4, -0.2) is 53.3 Å². The molecule has 0 unspecified atom stereocenters.